The number of nitriles is 1. The molecule has 3 rings (SSSR count). The molecule has 0 bridgehead atoms. The van der Waals surface area contributed by atoms with Gasteiger partial charge in [-0.1, -0.05) is 35.3 Å². The third-order valence-electron chi connectivity index (χ3n) is 4.71. The van der Waals surface area contributed by atoms with E-state index < -0.39 is 0 Å². The number of nitrogens with zero attached hydrogens (tertiary/aromatic N) is 3. The number of anilines is 1. The maximum atomic E-state index is 12.3. The Labute approximate surface area is 180 Å². The molecule has 1 fully saturated rings. The summed E-state index contributed by atoms with van der Waals surface area (Å²) >= 11 is 12.1. The molecule has 29 heavy (non-hydrogen) atoms. The number of carbonyl (C=O) groups is 1. The number of rotatable bonds is 7. The van der Waals surface area contributed by atoms with Crippen LogP contribution < -0.4 is 10.1 Å². The summed E-state index contributed by atoms with van der Waals surface area (Å²) in [4.78, 5) is 16.7. The summed E-state index contributed by atoms with van der Waals surface area (Å²) in [6.07, 6.45) is 0. The zero-order valence-electron chi connectivity index (χ0n) is 15.9. The Balaban J connectivity index is 1.37. The SMILES string of the molecule is N#Cc1ccc(NC(=O)CN2CCN(CCOc3ccccc3Cl)CC2)cc1Cl. The van der Waals surface area contributed by atoms with Crippen LogP contribution in [-0.4, -0.2) is 61.6 Å². The van der Waals surface area contributed by atoms with Crippen molar-refractivity contribution in [3.05, 3.63) is 58.1 Å². The highest BCUT2D eigenvalue weighted by atomic mass is 35.5. The van der Waals surface area contributed by atoms with Gasteiger partial charge in [0.15, 0.2) is 0 Å². The van der Waals surface area contributed by atoms with Gasteiger partial charge in [0.05, 0.1) is 22.2 Å². The van der Waals surface area contributed by atoms with Crippen LogP contribution in [0.3, 0.4) is 0 Å². The Hall–Kier alpha value is -2.30. The van der Waals surface area contributed by atoms with Crippen molar-refractivity contribution in [2.24, 2.45) is 0 Å². The molecule has 2 aromatic rings. The lowest BCUT2D eigenvalue weighted by Gasteiger charge is -2.34. The van der Waals surface area contributed by atoms with Gasteiger partial charge in [0, 0.05) is 38.4 Å². The van der Waals surface area contributed by atoms with E-state index in [0.717, 1.165) is 32.7 Å². The lowest BCUT2D eigenvalue weighted by molar-refractivity contribution is -0.117. The summed E-state index contributed by atoms with van der Waals surface area (Å²) < 4.78 is 5.74. The molecule has 1 saturated heterocycles. The van der Waals surface area contributed by atoms with E-state index >= 15 is 0 Å². The summed E-state index contributed by atoms with van der Waals surface area (Å²) in [5.41, 5.74) is 0.980. The molecule has 1 amide bonds. The zero-order chi connectivity index (χ0) is 20.6. The molecular formula is C21H22Cl2N4O2. The molecule has 0 saturated carbocycles. The van der Waals surface area contributed by atoms with Gasteiger partial charge in [0.1, 0.15) is 18.4 Å². The van der Waals surface area contributed by atoms with Crippen molar-refractivity contribution in [1.29, 1.82) is 5.26 Å². The number of carbonyl (C=O) groups excluding carboxylic acids is 1. The van der Waals surface area contributed by atoms with E-state index in [1.165, 1.54) is 0 Å². The number of halogens is 2. The standard InChI is InChI=1S/C21H22Cl2N4O2/c22-18-3-1-2-4-20(18)29-12-11-26-7-9-27(10-8-26)15-21(28)25-17-6-5-16(14-24)19(23)13-17/h1-6,13H,7-12,15H2,(H,25,28). The van der Waals surface area contributed by atoms with Gasteiger partial charge < -0.3 is 10.1 Å². The summed E-state index contributed by atoms with van der Waals surface area (Å²) in [5, 5.41) is 12.7. The fourth-order valence-electron chi connectivity index (χ4n) is 3.10. The Bertz CT molecular complexity index is 892. The lowest BCUT2D eigenvalue weighted by Crippen LogP contribution is -2.49. The van der Waals surface area contributed by atoms with Crippen molar-refractivity contribution in [2.45, 2.75) is 0 Å². The van der Waals surface area contributed by atoms with Gasteiger partial charge in [-0.05, 0) is 30.3 Å². The van der Waals surface area contributed by atoms with Crippen molar-refractivity contribution in [3.8, 4) is 11.8 Å². The normalized spacial score (nSPS) is 14.9. The smallest absolute Gasteiger partial charge is 0.238 e. The van der Waals surface area contributed by atoms with E-state index in [1.54, 1.807) is 18.2 Å². The predicted octanol–water partition coefficient (Wildman–Crippen LogP) is 3.50. The highest BCUT2D eigenvalue weighted by molar-refractivity contribution is 6.32. The quantitative estimate of drug-likeness (QED) is 0.724. The van der Waals surface area contributed by atoms with Gasteiger partial charge in [-0.2, -0.15) is 5.26 Å². The fourth-order valence-corrected chi connectivity index (χ4v) is 3.52. The van der Waals surface area contributed by atoms with Crippen molar-refractivity contribution >= 4 is 34.8 Å². The Morgan fingerprint density at radius 2 is 1.79 bits per heavy atom. The molecule has 0 unspecified atom stereocenters. The Kier molecular flexibility index (Phi) is 7.73. The molecule has 1 aliphatic rings. The van der Waals surface area contributed by atoms with E-state index in [9.17, 15) is 4.79 Å². The van der Waals surface area contributed by atoms with E-state index in [4.69, 9.17) is 33.2 Å². The Morgan fingerprint density at radius 3 is 2.48 bits per heavy atom. The second-order valence-corrected chi connectivity index (χ2v) is 7.57. The molecule has 6 nitrogen and oxygen atoms in total. The first kappa shape index (κ1) is 21.4. The first-order valence-electron chi connectivity index (χ1n) is 9.36. The molecule has 1 N–H and O–H groups in total. The minimum atomic E-state index is -0.0960. The number of piperazine rings is 1. The van der Waals surface area contributed by atoms with Crippen LogP contribution in [0, 0.1) is 11.3 Å². The highest BCUT2D eigenvalue weighted by Gasteiger charge is 2.19. The topological polar surface area (TPSA) is 68.6 Å². The van der Waals surface area contributed by atoms with Crippen molar-refractivity contribution in [1.82, 2.24) is 9.80 Å². The molecular weight excluding hydrogens is 411 g/mol. The summed E-state index contributed by atoms with van der Waals surface area (Å²) in [7, 11) is 0. The number of hydrogen-bond donors (Lipinski definition) is 1. The number of benzene rings is 2. The van der Waals surface area contributed by atoms with E-state index in [2.05, 4.69) is 15.1 Å². The summed E-state index contributed by atoms with van der Waals surface area (Å²) in [5.74, 6) is 0.605. The molecule has 152 valence electrons. The fraction of sp³-hybridized carbons (Fsp3) is 0.333. The molecule has 0 atom stereocenters. The number of nitrogens with one attached hydrogen (secondary N) is 1. The van der Waals surface area contributed by atoms with Crippen LogP contribution in [0.15, 0.2) is 42.5 Å². The van der Waals surface area contributed by atoms with Crippen LogP contribution >= 0.6 is 23.2 Å². The van der Waals surface area contributed by atoms with Gasteiger partial charge in [0.25, 0.3) is 0 Å². The minimum Gasteiger partial charge on any atom is -0.491 e. The van der Waals surface area contributed by atoms with Gasteiger partial charge >= 0.3 is 0 Å². The minimum absolute atomic E-state index is 0.0960. The van der Waals surface area contributed by atoms with Gasteiger partial charge in [-0.3, -0.25) is 14.6 Å². The first-order valence-corrected chi connectivity index (χ1v) is 10.1. The van der Waals surface area contributed by atoms with Gasteiger partial charge in [-0.15, -0.1) is 0 Å². The first-order chi connectivity index (χ1) is 14.0. The van der Waals surface area contributed by atoms with E-state index in [0.29, 0.717) is 40.2 Å². The maximum Gasteiger partial charge on any atom is 0.238 e. The molecule has 0 aliphatic carbocycles. The maximum absolute atomic E-state index is 12.3. The van der Waals surface area contributed by atoms with Crippen molar-refractivity contribution in [3.63, 3.8) is 0 Å². The highest BCUT2D eigenvalue weighted by Crippen LogP contribution is 2.23. The molecule has 2 aromatic carbocycles. The third-order valence-corrected chi connectivity index (χ3v) is 5.33. The average Bonchev–Trinajstić information content (AvgIpc) is 2.71. The second kappa shape index (κ2) is 10.5. The molecule has 1 heterocycles. The van der Waals surface area contributed by atoms with Gasteiger partial charge in [-0.25, -0.2) is 0 Å². The zero-order valence-corrected chi connectivity index (χ0v) is 17.4. The molecule has 8 heteroatoms. The van der Waals surface area contributed by atoms with Crippen LogP contribution in [0.5, 0.6) is 5.75 Å². The number of ether oxygens (including phenoxy) is 1. The monoisotopic (exact) mass is 432 g/mol. The molecule has 0 aromatic heterocycles. The number of hydrogen-bond acceptors (Lipinski definition) is 5. The summed E-state index contributed by atoms with van der Waals surface area (Å²) in [6.45, 7) is 5.09. The number of amides is 1. The third kappa shape index (κ3) is 6.34. The van der Waals surface area contributed by atoms with Crippen LogP contribution in [0.4, 0.5) is 5.69 Å². The van der Waals surface area contributed by atoms with Crippen LogP contribution in [0.1, 0.15) is 5.56 Å². The predicted molar refractivity (Wildman–Crippen MR) is 115 cm³/mol. The van der Waals surface area contributed by atoms with E-state index in [-0.39, 0.29) is 5.91 Å². The average molecular weight is 433 g/mol. The van der Waals surface area contributed by atoms with Crippen LogP contribution in [0.2, 0.25) is 10.0 Å². The molecule has 0 radical (unpaired) electrons. The van der Waals surface area contributed by atoms with Crippen LogP contribution in [0.25, 0.3) is 0 Å². The molecule has 1 aliphatic heterocycles. The number of para-hydroxylation sites is 1. The van der Waals surface area contributed by atoms with Crippen molar-refractivity contribution in [2.75, 3.05) is 51.2 Å². The van der Waals surface area contributed by atoms with Crippen molar-refractivity contribution < 1.29 is 9.53 Å². The lowest BCUT2D eigenvalue weighted by atomic mass is 10.2. The van der Waals surface area contributed by atoms with E-state index in [1.807, 2.05) is 30.3 Å². The Morgan fingerprint density at radius 1 is 1.07 bits per heavy atom. The largest absolute Gasteiger partial charge is 0.491 e. The molecule has 0 spiro atoms. The summed E-state index contributed by atoms with van der Waals surface area (Å²) in [6, 6.07) is 14.3. The van der Waals surface area contributed by atoms with Crippen LogP contribution in [-0.2, 0) is 4.79 Å². The van der Waals surface area contributed by atoms with Gasteiger partial charge in [0.2, 0.25) is 5.91 Å². The second-order valence-electron chi connectivity index (χ2n) is 6.75.